The van der Waals surface area contributed by atoms with Crippen LogP contribution in [0.25, 0.3) is 11.1 Å². The van der Waals surface area contributed by atoms with E-state index in [1.54, 1.807) is 4.90 Å². The number of nitrogens with zero attached hydrogens (tertiary/aromatic N) is 4. The van der Waals surface area contributed by atoms with Crippen LogP contribution in [0.3, 0.4) is 0 Å². The Labute approximate surface area is 212 Å². The summed E-state index contributed by atoms with van der Waals surface area (Å²) in [6.07, 6.45) is 0.824. The van der Waals surface area contributed by atoms with Crippen LogP contribution in [0.5, 0.6) is 5.88 Å². The number of anilines is 2. The fourth-order valence-electron chi connectivity index (χ4n) is 4.66. The highest BCUT2D eigenvalue weighted by Gasteiger charge is 2.37. The molecule has 9 nitrogen and oxygen atoms in total. The second-order valence-electron chi connectivity index (χ2n) is 9.95. The molecule has 192 valence electrons. The molecular weight excluding hydrogens is 458 g/mol. The van der Waals surface area contributed by atoms with Crippen molar-refractivity contribution >= 4 is 17.5 Å². The van der Waals surface area contributed by atoms with Gasteiger partial charge in [0.05, 0.1) is 31.3 Å². The second kappa shape index (κ2) is 11.1. The van der Waals surface area contributed by atoms with Gasteiger partial charge in [0.25, 0.3) is 0 Å². The van der Waals surface area contributed by atoms with E-state index in [1.165, 1.54) is 0 Å². The third-order valence-electron chi connectivity index (χ3n) is 7.05. The molecule has 0 saturated carbocycles. The topological polar surface area (TPSA) is 111 Å². The first-order chi connectivity index (χ1) is 17.3. The second-order valence-corrected chi connectivity index (χ2v) is 9.95. The summed E-state index contributed by atoms with van der Waals surface area (Å²) in [5, 5.41) is 21.7. The number of ether oxygens (including phenoxy) is 2. The average molecular weight is 494 g/mol. The lowest BCUT2D eigenvalue weighted by Gasteiger charge is -2.28. The van der Waals surface area contributed by atoms with Crippen molar-refractivity contribution < 1.29 is 19.4 Å². The van der Waals surface area contributed by atoms with Crippen LogP contribution in [-0.2, 0) is 4.74 Å². The summed E-state index contributed by atoms with van der Waals surface area (Å²) in [7, 11) is 0. The molecule has 2 saturated heterocycles. The number of benzene rings is 1. The number of aryl methyl sites for hydroxylation is 1. The number of aliphatic hydroxyl groups excluding tert-OH is 1. The van der Waals surface area contributed by atoms with E-state index >= 15 is 0 Å². The highest BCUT2D eigenvalue weighted by Crippen LogP contribution is 2.35. The van der Waals surface area contributed by atoms with E-state index in [4.69, 9.17) is 9.47 Å². The van der Waals surface area contributed by atoms with Gasteiger partial charge in [-0.2, -0.15) is 10.2 Å². The van der Waals surface area contributed by atoms with Gasteiger partial charge in [-0.3, -0.25) is 0 Å². The molecule has 2 amide bonds. The van der Waals surface area contributed by atoms with Crippen LogP contribution in [0.1, 0.15) is 25.8 Å². The molecule has 1 unspecified atom stereocenters. The van der Waals surface area contributed by atoms with Crippen molar-refractivity contribution in [3.8, 4) is 23.1 Å². The molecule has 2 aliphatic heterocycles. The molecule has 1 aromatic carbocycles. The van der Waals surface area contributed by atoms with Crippen LogP contribution in [0.2, 0.25) is 0 Å². The van der Waals surface area contributed by atoms with Gasteiger partial charge in [-0.1, -0.05) is 6.07 Å². The van der Waals surface area contributed by atoms with Crippen molar-refractivity contribution in [2.45, 2.75) is 27.2 Å². The largest absolute Gasteiger partial charge is 0.475 e. The molecule has 0 spiro atoms. The van der Waals surface area contributed by atoms with Crippen molar-refractivity contribution in [1.82, 2.24) is 9.88 Å². The fourth-order valence-corrected chi connectivity index (χ4v) is 4.66. The summed E-state index contributed by atoms with van der Waals surface area (Å²) in [6.45, 7) is 9.94. The number of urea groups is 1. The highest BCUT2D eigenvalue weighted by atomic mass is 16.5. The highest BCUT2D eigenvalue weighted by molar-refractivity contribution is 5.90. The summed E-state index contributed by atoms with van der Waals surface area (Å²) in [5.74, 6) is 1.40. The number of nitriles is 1. The predicted octanol–water partition coefficient (Wildman–Crippen LogP) is 3.67. The van der Waals surface area contributed by atoms with Gasteiger partial charge < -0.3 is 29.7 Å². The van der Waals surface area contributed by atoms with E-state index in [2.05, 4.69) is 21.3 Å². The van der Waals surface area contributed by atoms with E-state index in [-0.39, 0.29) is 25.2 Å². The van der Waals surface area contributed by atoms with Crippen molar-refractivity contribution in [1.29, 1.82) is 5.26 Å². The van der Waals surface area contributed by atoms with Crippen LogP contribution < -0.4 is 15.0 Å². The molecule has 2 N–H and O–H groups in total. The Balaban J connectivity index is 1.56. The first kappa shape index (κ1) is 25.7. The number of carbonyl (C=O) groups is 1. The Bertz CT molecular complexity index is 1120. The number of rotatable bonds is 7. The number of hydrogen-bond donors (Lipinski definition) is 2. The van der Waals surface area contributed by atoms with Crippen LogP contribution in [0.4, 0.5) is 16.3 Å². The van der Waals surface area contributed by atoms with Crippen molar-refractivity contribution in [2.75, 3.05) is 62.8 Å². The quantitative estimate of drug-likeness (QED) is 0.605. The third kappa shape index (κ3) is 5.89. The number of likely N-dealkylation sites (tertiary alicyclic amines) is 1. The molecule has 0 aliphatic carbocycles. The van der Waals surface area contributed by atoms with E-state index in [0.717, 1.165) is 42.0 Å². The lowest BCUT2D eigenvalue weighted by atomic mass is 9.80. The third-order valence-corrected chi connectivity index (χ3v) is 7.05. The lowest BCUT2D eigenvalue weighted by Crippen LogP contribution is -2.36. The molecule has 2 fully saturated rings. The van der Waals surface area contributed by atoms with Gasteiger partial charge in [0, 0.05) is 37.9 Å². The smallest absolute Gasteiger partial charge is 0.321 e. The zero-order valence-corrected chi connectivity index (χ0v) is 21.3. The van der Waals surface area contributed by atoms with Gasteiger partial charge in [0.15, 0.2) is 0 Å². The molecule has 0 radical (unpaired) electrons. The molecule has 4 rings (SSSR count). The van der Waals surface area contributed by atoms with Gasteiger partial charge in [0.1, 0.15) is 12.4 Å². The first-order valence-electron chi connectivity index (χ1n) is 12.5. The lowest BCUT2D eigenvalue weighted by molar-refractivity contribution is 0.122. The van der Waals surface area contributed by atoms with Crippen LogP contribution >= 0.6 is 0 Å². The van der Waals surface area contributed by atoms with E-state index in [9.17, 15) is 15.2 Å². The SMILES string of the molecule is Cc1ccc(NC(=O)N2CCC(C(C)(C)C#N)C2)cc1-c1cc(OCCO)nc(N2CCOCC2)c1. The zero-order valence-electron chi connectivity index (χ0n) is 21.3. The summed E-state index contributed by atoms with van der Waals surface area (Å²) in [5.41, 5.74) is 3.18. The average Bonchev–Trinajstić information content (AvgIpc) is 3.41. The monoisotopic (exact) mass is 493 g/mol. The van der Waals surface area contributed by atoms with Crippen LogP contribution in [-0.4, -0.2) is 73.6 Å². The Morgan fingerprint density at radius 2 is 2.06 bits per heavy atom. The fraction of sp³-hybridized carbons (Fsp3) is 0.519. The molecule has 3 heterocycles. The molecule has 1 aromatic heterocycles. The van der Waals surface area contributed by atoms with Gasteiger partial charge in [0.2, 0.25) is 5.88 Å². The van der Waals surface area contributed by atoms with E-state index in [0.29, 0.717) is 37.9 Å². The number of nitrogens with one attached hydrogen (secondary N) is 1. The van der Waals surface area contributed by atoms with Gasteiger partial charge in [-0.15, -0.1) is 0 Å². The van der Waals surface area contributed by atoms with Crippen molar-refractivity contribution in [3.63, 3.8) is 0 Å². The molecule has 36 heavy (non-hydrogen) atoms. The summed E-state index contributed by atoms with van der Waals surface area (Å²) < 4.78 is 11.2. The molecule has 2 aromatic rings. The maximum absolute atomic E-state index is 13.0. The molecule has 0 bridgehead atoms. The van der Waals surface area contributed by atoms with Crippen molar-refractivity contribution in [3.05, 3.63) is 35.9 Å². The van der Waals surface area contributed by atoms with E-state index < -0.39 is 5.41 Å². The number of carbonyl (C=O) groups excluding carboxylic acids is 1. The number of aliphatic hydroxyl groups is 1. The van der Waals surface area contributed by atoms with Gasteiger partial charge in [-0.05, 0) is 68.0 Å². The number of amides is 2. The summed E-state index contributed by atoms with van der Waals surface area (Å²) in [4.78, 5) is 21.6. The molecule has 1 atom stereocenters. The number of pyridine rings is 1. The number of hydrogen-bond acceptors (Lipinski definition) is 7. The zero-order chi connectivity index (χ0) is 25.7. The summed E-state index contributed by atoms with van der Waals surface area (Å²) in [6, 6.07) is 12.0. The minimum atomic E-state index is -0.457. The van der Waals surface area contributed by atoms with Gasteiger partial charge >= 0.3 is 6.03 Å². The maximum atomic E-state index is 13.0. The Morgan fingerprint density at radius 3 is 2.78 bits per heavy atom. The standard InChI is InChI=1S/C27H35N5O4/c1-19-4-5-22(29-26(34)32-7-6-21(17-32)27(2,3)18-28)16-23(19)20-14-24(31-8-11-35-12-9-31)30-25(15-20)36-13-10-33/h4-5,14-16,21,33H,6-13,17H2,1-3H3,(H,29,34). The maximum Gasteiger partial charge on any atom is 0.321 e. The predicted molar refractivity (Wildman–Crippen MR) is 138 cm³/mol. The molecule has 9 heteroatoms. The number of morpholine rings is 1. The molecule has 2 aliphatic rings. The Morgan fingerprint density at radius 1 is 1.28 bits per heavy atom. The molecular formula is C27H35N5O4. The van der Waals surface area contributed by atoms with Gasteiger partial charge in [-0.25, -0.2) is 4.79 Å². The first-order valence-corrected chi connectivity index (χ1v) is 12.5. The minimum Gasteiger partial charge on any atom is -0.475 e. The summed E-state index contributed by atoms with van der Waals surface area (Å²) >= 11 is 0. The Hall–Kier alpha value is -3.35. The van der Waals surface area contributed by atoms with E-state index in [1.807, 2.05) is 51.1 Å². The van der Waals surface area contributed by atoms with Crippen LogP contribution in [0, 0.1) is 29.6 Å². The minimum absolute atomic E-state index is 0.0950. The van der Waals surface area contributed by atoms with Crippen LogP contribution in [0.15, 0.2) is 30.3 Å². The normalized spacial score (nSPS) is 18.1. The van der Waals surface area contributed by atoms with Crippen molar-refractivity contribution in [2.24, 2.45) is 11.3 Å². The Kier molecular flexibility index (Phi) is 7.97. The number of aromatic nitrogens is 1.